The Labute approximate surface area is 162 Å². The van der Waals surface area contributed by atoms with Crippen LogP contribution in [0.3, 0.4) is 0 Å². The number of benzene rings is 2. The maximum absolute atomic E-state index is 12.5. The number of likely N-dealkylation sites (tertiary alicyclic amines) is 1. The Morgan fingerprint density at radius 3 is 2.79 bits per heavy atom. The first-order chi connectivity index (χ1) is 13.8. The number of aromatic nitrogens is 2. The Morgan fingerprint density at radius 2 is 1.93 bits per heavy atom. The molecule has 0 bridgehead atoms. The largest absolute Gasteiger partial charge is 0.454 e. The molecule has 0 radical (unpaired) electrons. The molecule has 2 aliphatic heterocycles. The molecule has 2 aliphatic rings. The zero-order chi connectivity index (χ0) is 18.9. The summed E-state index contributed by atoms with van der Waals surface area (Å²) in [4.78, 5) is 22.6. The average Bonchev–Trinajstić information content (AvgIpc) is 3.38. The third kappa shape index (κ3) is 3.22. The van der Waals surface area contributed by atoms with Crippen molar-refractivity contribution in [1.82, 2.24) is 14.9 Å². The minimum absolute atomic E-state index is 0.0423. The summed E-state index contributed by atoms with van der Waals surface area (Å²) >= 11 is 0. The number of carbonyl (C=O) groups excluding carboxylic acids is 1. The number of imidazole rings is 1. The molecule has 28 heavy (non-hydrogen) atoms. The number of fused-ring (bicyclic) bond motifs is 2. The number of hydrogen-bond donors (Lipinski definition) is 1. The lowest BCUT2D eigenvalue weighted by Crippen LogP contribution is -2.37. The number of para-hydroxylation sites is 2. The van der Waals surface area contributed by atoms with Gasteiger partial charge >= 0.3 is 0 Å². The molecule has 6 nitrogen and oxygen atoms in total. The monoisotopic (exact) mass is 375 g/mol. The number of piperidine rings is 1. The van der Waals surface area contributed by atoms with Crippen molar-refractivity contribution in [2.75, 3.05) is 19.9 Å². The summed E-state index contributed by atoms with van der Waals surface area (Å²) in [5, 5.41) is 0. The van der Waals surface area contributed by atoms with E-state index in [1.807, 2.05) is 53.4 Å². The Hall–Kier alpha value is -3.28. The molecule has 1 fully saturated rings. The van der Waals surface area contributed by atoms with Crippen LogP contribution in [-0.4, -0.2) is 40.7 Å². The van der Waals surface area contributed by atoms with Crippen LogP contribution in [0.5, 0.6) is 11.5 Å². The topological polar surface area (TPSA) is 67.5 Å². The number of carbonyl (C=O) groups is 1. The normalized spacial score (nSPS) is 16.9. The number of ether oxygens (including phenoxy) is 2. The second-order valence-corrected chi connectivity index (χ2v) is 7.18. The maximum atomic E-state index is 12.5. The van der Waals surface area contributed by atoms with Gasteiger partial charge in [-0.15, -0.1) is 0 Å². The first-order valence-corrected chi connectivity index (χ1v) is 9.57. The third-order valence-electron chi connectivity index (χ3n) is 5.42. The Morgan fingerprint density at radius 1 is 1.11 bits per heavy atom. The standard InChI is InChI=1S/C22H21N3O3/c26-21(8-6-15-5-7-19-20(13-15)28-14-27-19)25-11-9-16(10-12-25)22-23-17-3-1-2-4-18(17)24-22/h1-8,13,16H,9-12,14H2,(H,23,24)/b8-6+. The van der Waals surface area contributed by atoms with Gasteiger partial charge < -0.3 is 19.4 Å². The first-order valence-electron chi connectivity index (χ1n) is 9.57. The van der Waals surface area contributed by atoms with E-state index in [1.165, 1.54) is 0 Å². The van der Waals surface area contributed by atoms with Crippen LogP contribution in [0.25, 0.3) is 17.1 Å². The summed E-state index contributed by atoms with van der Waals surface area (Å²) in [5.41, 5.74) is 3.00. The van der Waals surface area contributed by atoms with Gasteiger partial charge in [0.05, 0.1) is 11.0 Å². The lowest BCUT2D eigenvalue weighted by atomic mass is 9.96. The van der Waals surface area contributed by atoms with E-state index in [0.29, 0.717) is 5.92 Å². The molecule has 3 heterocycles. The van der Waals surface area contributed by atoms with Crippen molar-refractivity contribution in [3.8, 4) is 11.5 Å². The Bertz CT molecular complexity index is 1020. The molecule has 142 valence electrons. The highest BCUT2D eigenvalue weighted by atomic mass is 16.7. The van der Waals surface area contributed by atoms with Crippen LogP contribution >= 0.6 is 0 Å². The van der Waals surface area contributed by atoms with Crippen molar-refractivity contribution in [3.05, 3.63) is 59.9 Å². The van der Waals surface area contributed by atoms with E-state index in [0.717, 1.165) is 59.9 Å². The van der Waals surface area contributed by atoms with E-state index >= 15 is 0 Å². The zero-order valence-electron chi connectivity index (χ0n) is 15.4. The van der Waals surface area contributed by atoms with E-state index in [2.05, 4.69) is 4.98 Å². The number of amides is 1. The van der Waals surface area contributed by atoms with Crippen LogP contribution in [0.4, 0.5) is 0 Å². The number of aromatic amines is 1. The predicted octanol–water partition coefficient (Wildman–Crippen LogP) is 3.71. The molecule has 2 aromatic carbocycles. The smallest absolute Gasteiger partial charge is 0.246 e. The fourth-order valence-electron chi connectivity index (χ4n) is 3.83. The lowest BCUT2D eigenvalue weighted by Gasteiger charge is -2.30. The molecule has 3 aromatic rings. The highest BCUT2D eigenvalue weighted by Crippen LogP contribution is 2.33. The zero-order valence-corrected chi connectivity index (χ0v) is 15.4. The molecule has 0 atom stereocenters. The second kappa shape index (κ2) is 7.03. The summed E-state index contributed by atoms with van der Waals surface area (Å²) < 4.78 is 10.7. The molecule has 1 amide bonds. The van der Waals surface area contributed by atoms with Gasteiger partial charge in [0, 0.05) is 25.1 Å². The number of nitrogens with zero attached hydrogens (tertiary/aromatic N) is 2. The Kier molecular flexibility index (Phi) is 4.24. The van der Waals surface area contributed by atoms with Gasteiger partial charge in [0.1, 0.15) is 5.82 Å². The number of hydrogen-bond acceptors (Lipinski definition) is 4. The molecule has 1 N–H and O–H groups in total. The molecule has 1 aromatic heterocycles. The summed E-state index contributed by atoms with van der Waals surface area (Å²) in [6.07, 6.45) is 5.31. The van der Waals surface area contributed by atoms with Gasteiger partial charge in [0.25, 0.3) is 0 Å². The van der Waals surface area contributed by atoms with Crippen molar-refractivity contribution in [1.29, 1.82) is 0 Å². The molecule has 6 heteroatoms. The van der Waals surface area contributed by atoms with E-state index in [4.69, 9.17) is 14.5 Å². The maximum Gasteiger partial charge on any atom is 0.246 e. The molecule has 1 saturated heterocycles. The van der Waals surface area contributed by atoms with Crippen molar-refractivity contribution < 1.29 is 14.3 Å². The fourth-order valence-corrected chi connectivity index (χ4v) is 3.83. The average molecular weight is 375 g/mol. The molecule has 0 saturated carbocycles. The van der Waals surface area contributed by atoms with Crippen LogP contribution in [0.15, 0.2) is 48.5 Å². The van der Waals surface area contributed by atoms with Gasteiger partial charge in [-0.25, -0.2) is 4.98 Å². The van der Waals surface area contributed by atoms with Crippen molar-refractivity contribution >= 4 is 23.0 Å². The SMILES string of the molecule is O=C(/C=C/c1ccc2c(c1)OCO2)N1CCC(c2nc3ccccc3[nH]2)CC1. The minimum atomic E-state index is 0.0423. The van der Waals surface area contributed by atoms with E-state index in [-0.39, 0.29) is 12.7 Å². The van der Waals surface area contributed by atoms with Gasteiger partial charge in [0.2, 0.25) is 12.7 Å². The molecule has 0 aliphatic carbocycles. The molecular formula is C22H21N3O3. The van der Waals surface area contributed by atoms with E-state index < -0.39 is 0 Å². The van der Waals surface area contributed by atoms with Crippen LogP contribution < -0.4 is 9.47 Å². The number of nitrogens with one attached hydrogen (secondary N) is 1. The molecule has 0 unspecified atom stereocenters. The summed E-state index contributed by atoms with van der Waals surface area (Å²) in [7, 11) is 0. The minimum Gasteiger partial charge on any atom is -0.454 e. The third-order valence-corrected chi connectivity index (χ3v) is 5.42. The van der Waals surface area contributed by atoms with Crippen LogP contribution in [0.1, 0.15) is 30.1 Å². The highest BCUT2D eigenvalue weighted by molar-refractivity contribution is 5.92. The van der Waals surface area contributed by atoms with E-state index in [1.54, 1.807) is 6.08 Å². The van der Waals surface area contributed by atoms with Crippen LogP contribution in [0, 0.1) is 0 Å². The number of H-pyrrole nitrogens is 1. The summed E-state index contributed by atoms with van der Waals surface area (Å²) in [6, 6.07) is 13.8. The lowest BCUT2D eigenvalue weighted by molar-refractivity contribution is -0.127. The number of rotatable bonds is 3. The van der Waals surface area contributed by atoms with Gasteiger partial charge in [-0.3, -0.25) is 4.79 Å². The van der Waals surface area contributed by atoms with Gasteiger partial charge in [0.15, 0.2) is 11.5 Å². The van der Waals surface area contributed by atoms with Gasteiger partial charge in [-0.2, -0.15) is 0 Å². The van der Waals surface area contributed by atoms with Crippen LogP contribution in [0.2, 0.25) is 0 Å². The van der Waals surface area contributed by atoms with Gasteiger partial charge in [-0.1, -0.05) is 18.2 Å². The first kappa shape index (κ1) is 16.9. The van der Waals surface area contributed by atoms with Crippen molar-refractivity contribution in [2.45, 2.75) is 18.8 Å². The molecule has 0 spiro atoms. The van der Waals surface area contributed by atoms with Crippen molar-refractivity contribution in [2.24, 2.45) is 0 Å². The van der Waals surface area contributed by atoms with Crippen LogP contribution in [-0.2, 0) is 4.79 Å². The molecule has 5 rings (SSSR count). The van der Waals surface area contributed by atoms with Gasteiger partial charge in [-0.05, 0) is 48.7 Å². The fraction of sp³-hybridized carbons (Fsp3) is 0.273. The second-order valence-electron chi connectivity index (χ2n) is 7.18. The predicted molar refractivity (Wildman–Crippen MR) is 106 cm³/mol. The van der Waals surface area contributed by atoms with E-state index in [9.17, 15) is 4.79 Å². The molecular weight excluding hydrogens is 354 g/mol. The Balaban J connectivity index is 1.21. The summed E-state index contributed by atoms with van der Waals surface area (Å²) in [5.74, 6) is 2.91. The van der Waals surface area contributed by atoms with Crippen molar-refractivity contribution in [3.63, 3.8) is 0 Å². The summed E-state index contributed by atoms with van der Waals surface area (Å²) in [6.45, 7) is 1.74. The highest BCUT2D eigenvalue weighted by Gasteiger charge is 2.24. The quantitative estimate of drug-likeness (QED) is 0.709.